The molecule has 0 N–H and O–H groups in total. The molecule has 0 aromatic heterocycles. The number of alkyl halides is 4. The van der Waals surface area contributed by atoms with Crippen LogP contribution in [0, 0.1) is 11.8 Å². The van der Waals surface area contributed by atoms with Crippen LogP contribution in [0.3, 0.4) is 0 Å². The summed E-state index contributed by atoms with van der Waals surface area (Å²) in [7, 11) is 0. The SMILES string of the molecule is ClC1=C(Cl)[C@]2(Cl)C3CC4OC4C3[C@@]1(Cl)C2(Cl)Cl. The molecule has 3 fully saturated rings. The molecule has 1 nitrogen and oxygen atoms in total. The van der Waals surface area contributed by atoms with Crippen molar-refractivity contribution in [3.8, 4) is 0 Å². The standard InChI is InChI=1S/C10H6Cl6O/c11-6-7(12)9(14)4-2(1-3-5(4)17-3)8(6,13)10(9,15)16/h2-5H,1H2/t2?,3?,4?,5?,8-,9+/m1/s1. The topological polar surface area (TPSA) is 12.5 Å². The van der Waals surface area contributed by atoms with Crippen LogP contribution in [0.4, 0.5) is 0 Å². The molecule has 0 amide bonds. The van der Waals surface area contributed by atoms with Gasteiger partial charge >= 0.3 is 0 Å². The highest BCUT2D eigenvalue weighted by Gasteiger charge is 2.87. The highest BCUT2D eigenvalue weighted by atomic mass is 35.5. The number of hydrogen-bond acceptors (Lipinski definition) is 1. The molecule has 17 heavy (non-hydrogen) atoms. The molecular weight excluding hydrogens is 349 g/mol. The van der Waals surface area contributed by atoms with Crippen LogP contribution in [0.5, 0.6) is 0 Å². The Labute approximate surface area is 128 Å². The van der Waals surface area contributed by atoms with Crippen molar-refractivity contribution in [3.05, 3.63) is 10.1 Å². The van der Waals surface area contributed by atoms with E-state index in [9.17, 15) is 0 Å². The van der Waals surface area contributed by atoms with Crippen molar-refractivity contribution in [2.24, 2.45) is 11.8 Å². The average molecular weight is 355 g/mol. The van der Waals surface area contributed by atoms with Crippen LogP contribution in [0.1, 0.15) is 6.42 Å². The van der Waals surface area contributed by atoms with Crippen LogP contribution in [0.2, 0.25) is 0 Å². The molecule has 0 radical (unpaired) electrons. The van der Waals surface area contributed by atoms with Gasteiger partial charge in [-0.2, -0.15) is 0 Å². The maximum atomic E-state index is 6.64. The number of halogens is 6. The quantitative estimate of drug-likeness (QED) is 0.468. The fourth-order valence-electron chi connectivity index (χ4n) is 3.81. The summed E-state index contributed by atoms with van der Waals surface area (Å²) in [5, 5.41) is 0.571. The lowest BCUT2D eigenvalue weighted by Crippen LogP contribution is -2.45. The second-order valence-corrected chi connectivity index (χ2v) is 8.41. The second kappa shape index (κ2) is 3.03. The van der Waals surface area contributed by atoms with Crippen LogP contribution in [-0.2, 0) is 4.74 Å². The van der Waals surface area contributed by atoms with Crippen LogP contribution in [-0.4, -0.2) is 26.3 Å². The van der Waals surface area contributed by atoms with E-state index in [0.717, 1.165) is 6.42 Å². The third-order valence-corrected chi connectivity index (χ3v) is 8.93. The Hall–Kier alpha value is 1.44. The molecule has 4 rings (SSSR count). The first-order chi connectivity index (χ1) is 7.78. The lowest BCUT2D eigenvalue weighted by atomic mass is 9.84. The highest BCUT2D eigenvalue weighted by molar-refractivity contribution is 6.65. The number of allylic oxidation sites excluding steroid dienone is 2. The van der Waals surface area contributed by atoms with Crippen molar-refractivity contribution in [2.75, 3.05) is 0 Å². The molecule has 0 spiro atoms. The Morgan fingerprint density at radius 2 is 1.59 bits per heavy atom. The van der Waals surface area contributed by atoms with E-state index in [-0.39, 0.29) is 29.1 Å². The van der Waals surface area contributed by atoms with Crippen molar-refractivity contribution in [3.63, 3.8) is 0 Å². The van der Waals surface area contributed by atoms with Crippen LogP contribution < -0.4 is 0 Å². The minimum Gasteiger partial charge on any atom is -0.369 e. The van der Waals surface area contributed by atoms with E-state index in [1.807, 2.05) is 0 Å². The van der Waals surface area contributed by atoms with Crippen LogP contribution in [0.25, 0.3) is 0 Å². The monoisotopic (exact) mass is 352 g/mol. The first kappa shape index (κ1) is 12.2. The van der Waals surface area contributed by atoms with E-state index >= 15 is 0 Å². The zero-order valence-electron chi connectivity index (χ0n) is 8.19. The summed E-state index contributed by atoms with van der Waals surface area (Å²) in [6.07, 6.45) is 1.06. The Balaban J connectivity index is 2.00. The van der Waals surface area contributed by atoms with Gasteiger partial charge in [0, 0.05) is 5.92 Å². The molecule has 0 aromatic rings. The summed E-state index contributed by atoms with van der Waals surface area (Å²) in [5.41, 5.74) is 0. The van der Waals surface area contributed by atoms with Crippen molar-refractivity contribution in [1.29, 1.82) is 0 Å². The third-order valence-electron chi connectivity index (χ3n) is 4.61. The van der Waals surface area contributed by atoms with E-state index in [2.05, 4.69) is 0 Å². The molecule has 4 aliphatic rings. The van der Waals surface area contributed by atoms with Gasteiger partial charge in [-0.25, -0.2) is 0 Å². The second-order valence-electron chi connectivity index (χ2n) is 5.13. The predicted molar refractivity (Wildman–Crippen MR) is 70.6 cm³/mol. The minimum atomic E-state index is -1.40. The van der Waals surface area contributed by atoms with Gasteiger partial charge < -0.3 is 4.74 Å². The van der Waals surface area contributed by atoms with E-state index in [1.165, 1.54) is 0 Å². The molecule has 2 saturated carbocycles. The first-order valence-electron chi connectivity index (χ1n) is 5.25. The van der Waals surface area contributed by atoms with Gasteiger partial charge in [-0.1, -0.05) is 46.4 Å². The number of rotatable bonds is 0. The van der Waals surface area contributed by atoms with Crippen LogP contribution >= 0.6 is 69.6 Å². The molecule has 6 atom stereocenters. The minimum absolute atomic E-state index is 0.0235. The molecule has 4 unspecified atom stereocenters. The smallest absolute Gasteiger partial charge is 0.166 e. The molecular formula is C10H6Cl6O. The fraction of sp³-hybridized carbons (Fsp3) is 0.800. The lowest BCUT2D eigenvalue weighted by molar-refractivity contribution is 0.200. The summed E-state index contributed by atoms with van der Waals surface area (Å²) in [6, 6.07) is 0. The van der Waals surface area contributed by atoms with Crippen molar-refractivity contribution >= 4 is 69.6 Å². The van der Waals surface area contributed by atoms with Crippen molar-refractivity contribution in [2.45, 2.75) is 32.7 Å². The van der Waals surface area contributed by atoms with Gasteiger partial charge in [-0.15, -0.1) is 23.2 Å². The van der Waals surface area contributed by atoms with Crippen LogP contribution in [0.15, 0.2) is 10.1 Å². The zero-order chi connectivity index (χ0) is 12.4. The molecule has 1 heterocycles. The Morgan fingerprint density at radius 3 is 2.24 bits per heavy atom. The molecule has 1 aliphatic heterocycles. The van der Waals surface area contributed by atoms with Gasteiger partial charge in [0.25, 0.3) is 0 Å². The average Bonchev–Trinajstić information content (AvgIpc) is 2.88. The predicted octanol–water partition coefficient (Wildman–Crippen LogP) is 4.24. The molecule has 2 bridgehead atoms. The van der Waals surface area contributed by atoms with Crippen molar-refractivity contribution < 1.29 is 4.74 Å². The normalized spacial score (nSPS) is 61.8. The Bertz CT molecular complexity index is 475. The summed E-state index contributed by atoms with van der Waals surface area (Å²) in [6.45, 7) is 0. The van der Waals surface area contributed by atoms with E-state index < -0.39 is 14.1 Å². The third kappa shape index (κ3) is 0.971. The van der Waals surface area contributed by atoms with Gasteiger partial charge in [0.05, 0.1) is 22.3 Å². The maximum absolute atomic E-state index is 6.64. The molecule has 1 saturated heterocycles. The first-order valence-corrected chi connectivity index (χ1v) is 7.52. The van der Waals surface area contributed by atoms with Crippen molar-refractivity contribution in [1.82, 2.24) is 0 Å². The molecule has 7 heteroatoms. The number of ether oxygens (including phenoxy) is 1. The molecule has 0 aromatic carbocycles. The summed E-state index contributed by atoms with van der Waals surface area (Å²) < 4.78 is 4.12. The maximum Gasteiger partial charge on any atom is 0.166 e. The summed E-state index contributed by atoms with van der Waals surface area (Å²) in [4.78, 5) is -2.21. The summed E-state index contributed by atoms with van der Waals surface area (Å²) in [5.74, 6) is -0.0351. The fourth-order valence-corrected chi connectivity index (χ4v) is 6.90. The van der Waals surface area contributed by atoms with Gasteiger partial charge in [-0.05, 0) is 12.3 Å². The Morgan fingerprint density at radius 1 is 1.00 bits per heavy atom. The van der Waals surface area contributed by atoms with Gasteiger partial charge in [0.1, 0.15) is 9.75 Å². The number of hydrogen-bond donors (Lipinski definition) is 0. The summed E-state index contributed by atoms with van der Waals surface area (Å²) >= 11 is 38.6. The van der Waals surface area contributed by atoms with Gasteiger partial charge in [-0.3, -0.25) is 0 Å². The largest absolute Gasteiger partial charge is 0.369 e. The van der Waals surface area contributed by atoms with E-state index in [0.29, 0.717) is 5.03 Å². The van der Waals surface area contributed by atoms with Gasteiger partial charge in [0.15, 0.2) is 4.33 Å². The Kier molecular flexibility index (Phi) is 2.17. The molecule has 3 aliphatic carbocycles. The molecule has 94 valence electrons. The highest BCUT2D eigenvalue weighted by Crippen LogP contribution is 2.80. The zero-order valence-corrected chi connectivity index (χ0v) is 12.7. The van der Waals surface area contributed by atoms with E-state index in [4.69, 9.17) is 74.3 Å². The lowest BCUT2D eigenvalue weighted by Gasteiger charge is -2.33. The van der Waals surface area contributed by atoms with E-state index in [1.54, 1.807) is 0 Å². The van der Waals surface area contributed by atoms with Gasteiger partial charge in [0.2, 0.25) is 0 Å². The number of epoxide rings is 1. The number of fused-ring (bicyclic) bond motifs is 7.